The largest absolute Gasteiger partial charge is 0.398 e. The number of nitrogens with zero attached hydrogens (tertiary/aromatic N) is 1. The van der Waals surface area contributed by atoms with Crippen LogP contribution < -0.4 is 5.73 Å². The first-order chi connectivity index (χ1) is 9.84. The average molecular weight is 308 g/mol. The summed E-state index contributed by atoms with van der Waals surface area (Å²) in [6, 6.07) is 10.3. The molecule has 3 N–H and O–H groups in total. The van der Waals surface area contributed by atoms with Gasteiger partial charge in [-0.2, -0.15) is 0 Å². The maximum Gasteiger partial charge on any atom is 0.243 e. The molecule has 21 heavy (non-hydrogen) atoms. The minimum atomic E-state index is -3.61. The van der Waals surface area contributed by atoms with Crippen LogP contribution in [0, 0.1) is 0 Å². The SMILES string of the molecule is CC(O)CCN(C)S(=O)(=O)c1ccc(N)c2ccccc12. The van der Waals surface area contributed by atoms with E-state index in [0.29, 0.717) is 17.5 Å². The van der Waals surface area contributed by atoms with Crippen molar-refractivity contribution < 1.29 is 13.5 Å². The summed E-state index contributed by atoms with van der Waals surface area (Å²) < 4.78 is 26.6. The minimum Gasteiger partial charge on any atom is -0.398 e. The lowest BCUT2D eigenvalue weighted by Gasteiger charge is -2.19. The predicted octanol–water partition coefficient (Wildman–Crippen LogP) is 1.81. The van der Waals surface area contributed by atoms with Gasteiger partial charge in [0.25, 0.3) is 0 Å². The number of benzene rings is 2. The Morgan fingerprint density at radius 3 is 2.43 bits per heavy atom. The van der Waals surface area contributed by atoms with E-state index in [2.05, 4.69) is 0 Å². The molecular formula is C15H20N2O3S. The molecule has 6 heteroatoms. The molecule has 0 aliphatic carbocycles. The highest BCUT2D eigenvalue weighted by atomic mass is 32.2. The summed E-state index contributed by atoms with van der Waals surface area (Å²) >= 11 is 0. The summed E-state index contributed by atoms with van der Waals surface area (Å²) in [6.45, 7) is 1.90. The van der Waals surface area contributed by atoms with E-state index in [9.17, 15) is 13.5 Å². The van der Waals surface area contributed by atoms with Crippen molar-refractivity contribution in [2.24, 2.45) is 0 Å². The van der Waals surface area contributed by atoms with Crippen LogP contribution in [0.2, 0.25) is 0 Å². The number of anilines is 1. The zero-order chi connectivity index (χ0) is 15.6. The van der Waals surface area contributed by atoms with Crippen molar-refractivity contribution in [1.82, 2.24) is 4.31 Å². The smallest absolute Gasteiger partial charge is 0.243 e. The van der Waals surface area contributed by atoms with Crippen molar-refractivity contribution in [1.29, 1.82) is 0 Å². The zero-order valence-corrected chi connectivity index (χ0v) is 13.0. The fraction of sp³-hybridized carbons (Fsp3) is 0.333. The van der Waals surface area contributed by atoms with Crippen molar-refractivity contribution in [3.05, 3.63) is 36.4 Å². The Hall–Kier alpha value is -1.63. The Bertz CT molecular complexity index is 742. The van der Waals surface area contributed by atoms with Crippen molar-refractivity contribution in [3.63, 3.8) is 0 Å². The summed E-state index contributed by atoms with van der Waals surface area (Å²) in [5.74, 6) is 0. The Morgan fingerprint density at radius 2 is 1.81 bits per heavy atom. The fourth-order valence-corrected chi connectivity index (χ4v) is 3.55. The zero-order valence-electron chi connectivity index (χ0n) is 12.2. The van der Waals surface area contributed by atoms with Crippen molar-refractivity contribution >= 4 is 26.5 Å². The fourth-order valence-electron chi connectivity index (χ4n) is 2.18. The highest BCUT2D eigenvalue weighted by Gasteiger charge is 2.23. The van der Waals surface area contributed by atoms with Gasteiger partial charge in [-0.15, -0.1) is 0 Å². The first-order valence-electron chi connectivity index (χ1n) is 6.75. The maximum atomic E-state index is 12.7. The second-order valence-electron chi connectivity index (χ2n) is 5.16. The molecule has 1 unspecified atom stereocenters. The van der Waals surface area contributed by atoms with Gasteiger partial charge in [0.1, 0.15) is 0 Å². The Morgan fingerprint density at radius 1 is 1.19 bits per heavy atom. The Kier molecular flexibility index (Phi) is 4.51. The van der Waals surface area contributed by atoms with E-state index in [1.165, 1.54) is 17.4 Å². The van der Waals surface area contributed by atoms with Gasteiger partial charge in [0.05, 0.1) is 11.0 Å². The van der Waals surface area contributed by atoms with E-state index >= 15 is 0 Å². The quantitative estimate of drug-likeness (QED) is 0.825. The van der Waals surface area contributed by atoms with Crippen molar-refractivity contribution in [2.45, 2.75) is 24.3 Å². The highest BCUT2D eigenvalue weighted by Crippen LogP contribution is 2.29. The van der Waals surface area contributed by atoms with Crippen LogP contribution in [0.5, 0.6) is 0 Å². The van der Waals surface area contributed by atoms with Crippen molar-refractivity contribution in [3.8, 4) is 0 Å². The van der Waals surface area contributed by atoms with E-state index in [1.807, 2.05) is 6.07 Å². The molecule has 0 fully saturated rings. The van der Waals surface area contributed by atoms with Crippen LogP contribution in [-0.2, 0) is 10.0 Å². The molecule has 0 aromatic heterocycles. The van der Waals surface area contributed by atoms with Crippen LogP contribution in [0.1, 0.15) is 13.3 Å². The van der Waals surface area contributed by atoms with Gasteiger partial charge in [0, 0.05) is 30.1 Å². The van der Waals surface area contributed by atoms with Crippen LogP contribution in [0.25, 0.3) is 10.8 Å². The van der Waals surface area contributed by atoms with Crippen LogP contribution in [0.15, 0.2) is 41.3 Å². The lowest BCUT2D eigenvalue weighted by atomic mass is 10.1. The Balaban J connectivity index is 2.48. The second kappa shape index (κ2) is 6.01. The predicted molar refractivity (Wildman–Crippen MR) is 84.5 cm³/mol. The molecule has 2 rings (SSSR count). The molecule has 0 saturated heterocycles. The van der Waals surface area contributed by atoms with Crippen LogP contribution in [0.3, 0.4) is 0 Å². The van der Waals surface area contributed by atoms with Gasteiger partial charge in [-0.05, 0) is 25.5 Å². The van der Waals surface area contributed by atoms with Gasteiger partial charge < -0.3 is 10.8 Å². The van der Waals surface area contributed by atoms with E-state index in [0.717, 1.165) is 5.39 Å². The van der Waals surface area contributed by atoms with E-state index in [1.54, 1.807) is 31.2 Å². The van der Waals surface area contributed by atoms with Gasteiger partial charge in [-0.25, -0.2) is 12.7 Å². The average Bonchev–Trinajstić information content (AvgIpc) is 2.45. The molecule has 0 aliphatic heterocycles. The highest BCUT2D eigenvalue weighted by molar-refractivity contribution is 7.89. The summed E-state index contributed by atoms with van der Waals surface area (Å²) in [4.78, 5) is 0.236. The molecule has 0 radical (unpaired) electrons. The van der Waals surface area contributed by atoms with Gasteiger partial charge in [-0.1, -0.05) is 24.3 Å². The monoisotopic (exact) mass is 308 g/mol. The maximum absolute atomic E-state index is 12.7. The molecule has 0 heterocycles. The van der Waals surface area contributed by atoms with Gasteiger partial charge >= 0.3 is 0 Å². The van der Waals surface area contributed by atoms with Crippen LogP contribution >= 0.6 is 0 Å². The number of aliphatic hydroxyl groups excluding tert-OH is 1. The molecular weight excluding hydrogens is 288 g/mol. The number of fused-ring (bicyclic) bond motifs is 1. The number of aliphatic hydroxyl groups is 1. The number of hydrogen-bond donors (Lipinski definition) is 2. The molecule has 0 spiro atoms. The molecule has 0 amide bonds. The van der Waals surface area contributed by atoms with Crippen LogP contribution in [-0.4, -0.2) is 37.5 Å². The molecule has 114 valence electrons. The van der Waals surface area contributed by atoms with E-state index in [4.69, 9.17) is 5.73 Å². The normalized spacial score (nSPS) is 13.7. The Labute approximate surface area is 125 Å². The third kappa shape index (κ3) is 3.18. The molecule has 2 aromatic carbocycles. The molecule has 2 aromatic rings. The summed E-state index contributed by atoms with van der Waals surface area (Å²) in [7, 11) is -2.09. The molecule has 0 bridgehead atoms. The molecule has 5 nitrogen and oxygen atoms in total. The molecule has 0 saturated carbocycles. The first-order valence-corrected chi connectivity index (χ1v) is 8.19. The lowest BCUT2D eigenvalue weighted by Crippen LogP contribution is -2.29. The summed E-state index contributed by atoms with van der Waals surface area (Å²) in [6.07, 6.45) is -0.145. The number of rotatable bonds is 5. The molecule has 1 atom stereocenters. The van der Waals surface area contributed by atoms with Gasteiger partial charge in [0.15, 0.2) is 0 Å². The first kappa shape index (κ1) is 15.8. The standard InChI is InChI=1S/C15H20N2O3S/c1-11(18)9-10-17(2)21(19,20)15-8-7-14(16)12-5-3-4-6-13(12)15/h3-8,11,18H,9-10,16H2,1-2H3. The lowest BCUT2D eigenvalue weighted by molar-refractivity contribution is 0.177. The van der Waals surface area contributed by atoms with Gasteiger partial charge in [0.2, 0.25) is 10.0 Å². The van der Waals surface area contributed by atoms with Gasteiger partial charge in [-0.3, -0.25) is 0 Å². The van der Waals surface area contributed by atoms with E-state index < -0.39 is 16.1 Å². The number of nitrogen functional groups attached to an aromatic ring is 1. The van der Waals surface area contributed by atoms with Crippen LogP contribution in [0.4, 0.5) is 5.69 Å². The van der Waals surface area contributed by atoms with E-state index in [-0.39, 0.29) is 11.4 Å². The second-order valence-corrected chi connectivity index (χ2v) is 7.18. The molecule has 0 aliphatic rings. The number of nitrogens with two attached hydrogens (primary N) is 1. The van der Waals surface area contributed by atoms with Crippen molar-refractivity contribution in [2.75, 3.05) is 19.3 Å². The third-order valence-electron chi connectivity index (χ3n) is 3.47. The third-order valence-corrected chi connectivity index (χ3v) is 5.38. The summed E-state index contributed by atoms with van der Waals surface area (Å²) in [5.41, 5.74) is 6.45. The minimum absolute atomic E-state index is 0.236. The summed E-state index contributed by atoms with van der Waals surface area (Å²) in [5, 5.41) is 10.6. The number of hydrogen-bond acceptors (Lipinski definition) is 4. The number of sulfonamides is 1. The topological polar surface area (TPSA) is 83.6 Å².